The molecular formula is C19H33IN4O4. The third kappa shape index (κ3) is 9.24. The number of amides is 1. The van der Waals surface area contributed by atoms with Gasteiger partial charge in [0.1, 0.15) is 0 Å². The first-order valence-corrected chi connectivity index (χ1v) is 9.63. The van der Waals surface area contributed by atoms with Crippen molar-refractivity contribution >= 4 is 35.8 Å². The molecule has 1 saturated heterocycles. The van der Waals surface area contributed by atoms with Crippen molar-refractivity contribution in [3.63, 3.8) is 0 Å². The molecule has 0 radical (unpaired) electrons. The highest BCUT2D eigenvalue weighted by Crippen LogP contribution is 2.12. The van der Waals surface area contributed by atoms with Gasteiger partial charge < -0.3 is 29.8 Å². The van der Waals surface area contributed by atoms with Crippen LogP contribution in [0.4, 0.5) is 0 Å². The van der Waals surface area contributed by atoms with Crippen LogP contribution < -0.4 is 16.0 Å². The highest BCUT2D eigenvalue weighted by atomic mass is 127. The van der Waals surface area contributed by atoms with Crippen LogP contribution in [-0.2, 0) is 9.47 Å². The van der Waals surface area contributed by atoms with Crippen LogP contribution in [0.25, 0.3) is 0 Å². The normalized spacial score (nSPS) is 16.5. The van der Waals surface area contributed by atoms with E-state index in [2.05, 4.69) is 20.9 Å². The fraction of sp³-hybridized carbons (Fsp3) is 0.684. The zero-order valence-electron chi connectivity index (χ0n) is 16.8. The number of halogens is 1. The van der Waals surface area contributed by atoms with Crippen molar-refractivity contribution in [2.75, 3.05) is 53.1 Å². The summed E-state index contributed by atoms with van der Waals surface area (Å²) in [5.41, 5.74) is 0.843. The molecule has 0 aliphatic carbocycles. The first-order valence-electron chi connectivity index (χ1n) is 9.63. The van der Waals surface area contributed by atoms with Gasteiger partial charge in [-0.1, -0.05) is 0 Å². The van der Waals surface area contributed by atoms with Crippen molar-refractivity contribution in [2.24, 2.45) is 10.9 Å². The van der Waals surface area contributed by atoms with E-state index in [0.717, 1.165) is 70.3 Å². The van der Waals surface area contributed by atoms with Gasteiger partial charge in [0.15, 0.2) is 11.7 Å². The van der Waals surface area contributed by atoms with Crippen LogP contribution in [0.2, 0.25) is 0 Å². The molecule has 1 aromatic heterocycles. The van der Waals surface area contributed by atoms with Crippen molar-refractivity contribution in [3.05, 3.63) is 23.7 Å². The van der Waals surface area contributed by atoms with E-state index in [9.17, 15) is 4.79 Å². The summed E-state index contributed by atoms with van der Waals surface area (Å²) < 4.78 is 16.2. The lowest BCUT2D eigenvalue weighted by Gasteiger charge is -2.13. The van der Waals surface area contributed by atoms with Crippen LogP contribution in [-0.4, -0.2) is 65.0 Å². The average Bonchev–Trinajstić information content (AvgIpc) is 3.33. The molecule has 0 spiro atoms. The second-order valence-corrected chi connectivity index (χ2v) is 6.63. The molecule has 1 aliphatic heterocycles. The van der Waals surface area contributed by atoms with Gasteiger partial charge in [0, 0.05) is 51.4 Å². The fourth-order valence-corrected chi connectivity index (χ4v) is 2.75. The van der Waals surface area contributed by atoms with E-state index in [1.807, 2.05) is 6.92 Å². The summed E-state index contributed by atoms with van der Waals surface area (Å²) in [6, 6.07) is 1.78. The molecule has 8 nitrogen and oxygen atoms in total. The van der Waals surface area contributed by atoms with Gasteiger partial charge in [-0.2, -0.15) is 0 Å². The number of nitrogens with one attached hydrogen (secondary N) is 3. The second-order valence-electron chi connectivity index (χ2n) is 6.63. The largest absolute Gasteiger partial charge is 0.459 e. The Morgan fingerprint density at radius 2 is 2.00 bits per heavy atom. The summed E-state index contributed by atoms with van der Waals surface area (Å²) in [6.07, 6.45) is 4.34. The summed E-state index contributed by atoms with van der Waals surface area (Å²) in [6.45, 7) is 7.16. The smallest absolute Gasteiger partial charge is 0.287 e. The Labute approximate surface area is 184 Å². The molecule has 2 rings (SSSR count). The van der Waals surface area contributed by atoms with E-state index in [0.29, 0.717) is 18.2 Å². The quantitative estimate of drug-likeness (QED) is 0.183. The summed E-state index contributed by atoms with van der Waals surface area (Å²) in [5.74, 6) is 1.52. The van der Waals surface area contributed by atoms with Crippen LogP contribution >= 0.6 is 24.0 Å². The zero-order chi connectivity index (χ0) is 19.3. The number of aryl methyl sites for hydroxylation is 1. The Kier molecular flexibility index (Phi) is 12.9. The molecule has 1 fully saturated rings. The number of carbonyl (C=O) groups is 1. The number of aliphatic imine (C=N–C) groups is 1. The summed E-state index contributed by atoms with van der Waals surface area (Å²) in [7, 11) is 1.74. The third-order valence-electron chi connectivity index (χ3n) is 4.36. The van der Waals surface area contributed by atoms with E-state index in [4.69, 9.17) is 13.9 Å². The topological polar surface area (TPSA) is 97.1 Å². The maximum Gasteiger partial charge on any atom is 0.287 e. The van der Waals surface area contributed by atoms with Crippen molar-refractivity contribution < 1.29 is 18.7 Å². The minimum atomic E-state index is -0.177. The summed E-state index contributed by atoms with van der Waals surface area (Å²) >= 11 is 0. The molecule has 1 aliphatic rings. The van der Waals surface area contributed by atoms with Gasteiger partial charge in [0.05, 0.1) is 19.5 Å². The molecule has 1 aromatic rings. The summed E-state index contributed by atoms with van der Waals surface area (Å²) in [4.78, 5) is 16.1. The van der Waals surface area contributed by atoms with Gasteiger partial charge in [0.2, 0.25) is 0 Å². The predicted octanol–water partition coefficient (Wildman–Crippen LogP) is 1.93. The average molecular weight is 508 g/mol. The molecule has 0 aromatic carbocycles. The van der Waals surface area contributed by atoms with Crippen LogP contribution in [0.5, 0.6) is 0 Å². The molecule has 160 valence electrons. The van der Waals surface area contributed by atoms with Crippen molar-refractivity contribution in [1.82, 2.24) is 16.0 Å². The number of hydrogen-bond donors (Lipinski definition) is 3. The van der Waals surface area contributed by atoms with Gasteiger partial charge in [-0.3, -0.25) is 9.79 Å². The van der Waals surface area contributed by atoms with Crippen LogP contribution in [0.3, 0.4) is 0 Å². The molecule has 1 amide bonds. The Morgan fingerprint density at radius 3 is 2.64 bits per heavy atom. The van der Waals surface area contributed by atoms with Gasteiger partial charge in [-0.25, -0.2) is 0 Å². The molecule has 2 heterocycles. The molecular weight excluding hydrogens is 475 g/mol. The highest BCUT2D eigenvalue weighted by molar-refractivity contribution is 14.0. The zero-order valence-corrected chi connectivity index (χ0v) is 19.1. The van der Waals surface area contributed by atoms with Crippen LogP contribution in [0, 0.1) is 12.8 Å². The van der Waals surface area contributed by atoms with Crippen LogP contribution in [0.15, 0.2) is 21.7 Å². The number of rotatable bonds is 11. The maximum atomic E-state index is 11.9. The lowest BCUT2D eigenvalue weighted by atomic mass is 10.1. The van der Waals surface area contributed by atoms with E-state index in [1.54, 1.807) is 13.1 Å². The Bertz CT molecular complexity index is 588. The molecule has 1 atom stereocenters. The minimum Gasteiger partial charge on any atom is -0.459 e. The number of furan rings is 1. The lowest BCUT2D eigenvalue weighted by Crippen LogP contribution is -2.39. The number of hydrogen-bond acceptors (Lipinski definition) is 5. The van der Waals surface area contributed by atoms with Gasteiger partial charge >= 0.3 is 0 Å². The SMILES string of the molecule is CN=C(NCCCNC(=O)c1occc1C)NCCCOCC1CCOC1.I. The van der Waals surface area contributed by atoms with E-state index in [-0.39, 0.29) is 29.9 Å². The number of guanidine groups is 1. The van der Waals surface area contributed by atoms with Gasteiger partial charge in [-0.15, -0.1) is 24.0 Å². The molecule has 1 unspecified atom stereocenters. The number of ether oxygens (including phenoxy) is 2. The predicted molar refractivity (Wildman–Crippen MR) is 120 cm³/mol. The van der Waals surface area contributed by atoms with Crippen LogP contribution in [0.1, 0.15) is 35.4 Å². The number of carbonyl (C=O) groups excluding carboxylic acids is 1. The van der Waals surface area contributed by atoms with Crippen molar-refractivity contribution in [3.8, 4) is 0 Å². The highest BCUT2D eigenvalue weighted by Gasteiger charge is 2.15. The lowest BCUT2D eigenvalue weighted by molar-refractivity contribution is 0.0888. The molecule has 3 N–H and O–H groups in total. The first kappa shape index (κ1) is 24.7. The molecule has 0 saturated carbocycles. The second kappa shape index (κ2) is 14.6. The monoisotopic (exact) mass is 508 g/mol. The fourth-order valence-electron chi connectivity index (χ4n) is 2.75. The minimum absolute atomic E-state index is 0. The molecule has 0 bridgehead atoms. The van der Waals surface area contributed by atoms with E-state index in [1.165, 1.54) is 6.26 Å². The third-order valence-corrected chi connectivity index (χ3v) is 4.36. The number of nitrogens with zero attached hydrogens (tertiary/aromatic N) is 1. The Hall–Kier alpha value is -1.33. The van der Waals surface area contributed by atoms with E-state index < -0.39 is 0 Å². The van der Waals surface area contributed by atoms with Gasteiger partial charge in [0.25, 0.3) is 5.91 Å². The first-order chi connectivity index (χ1) is 13.2. The standard InChI is InChI=1S/C19H32N4O4.HI/c1-15-5-12-27-17(15)18(24)21-7-3-8-22-19(20-2)23-9-4-10-25-13-16-6-11-26-14-16;/h5,12,16H,3-4,6-11,13-14H2,1-2H3,(H,21,24)(H2,20,22,23);1H. The van der Waals surface area contributed by atoms with Crippen molar-refractivity contribution in [1.29, 1.82) is 0 Å². The Morgan fingerprint density at radius 1 is 1.25 bits per heavy atom. The molecule has 9 heteroatoms. The molecule has 28 heavy (non-hydrogen) atoms. The maximum absolute atomic E-state index is 11.9. The van der Waals surface area contributed by atoms with E-state index >= 15 is 0 Å². The van der Waals surface area contributed by atoms with Crippen molar-refractivity contribution in [2.45, 2.75) is 26.2 Å². The summed E-state index contributed by atoms with van der Waals surface area (Å²) in [5, 5.41) is 9.34. The Balaban J connectivity index is 0.00000392. The van der Waals surface area contributed by atoms with Gasteiger partial charge in [-0.05, 0) is 32.3 Å².